The summed E-state index contributed by atoms with van der Waals surface area (Å²) in [5.74, 6) is 0.493. The molecule has 94 valence electrons. The second kappa shape index (κ2) is 6.04. The lowest BCUT2D eigenvalue weighted by molar-refractivity contribution is -0.128. The fourth-order valence-corrected chi connectivity index (χ4v) is 3.18. The van der Waals surface area contributed by atoms with Gasteiger partial charge in [-0.2, -0.15) is 0 Å². The summed E-state index contributed by atoms with van der Waals surface area (Å²) in [6, 6.07) is 0.336. The van der Waals surface area contributed by atoms with Gasteiger partial charge in [0.25, 0.3) is 0 Å². The zero-order valence-corrected chi connectivity index (χ0v) is 12.3. The summed E-state index contributed by atoms with van der Waals surface area (Å²) in [7, 11) is 0. The predicted octanol–water partition coefficient (Wildman–Crippen LogP) is 3.49. The van der Waals surface area contributed by atoms with Crippen LogP contribution >= 0.6 is 15.9 Å². The number of hydrogen-bond acceptors (Lipinski definition) is 1. The van der Waals surface area contributed by atoms with Crippen molar-refractivity contribution in [3.05, 3.63) is 0 Å². The number of nitrogens with one attached hydrogen (secondary N) is 1. The Bertz CT molecular complexity index is 240. The molecule has 0 heterocycles. The molecule has 0 saturated heterocycles. The van der Waals surface area contributed by atoms with Crippen molar-refractivity contribution in [3.63, 3.8) is 0 Å². The molecule has 1 rings (SSSR count). The van der Waals surface area contributed by atoms with Gasteiger partial charge in [-0.05, 0) is 31.1 Å². The average Bonchev–Trinajstić information content (AvgIpc) is 2.57. The van der Waals surface area contributed by atoms with Crippen molar-refractivity contribution in [1.82, 2.24) is 5.32 Å². The highest BCUT2D eigenvalue weighted by atomic mass is 79.9. The molecule has 1 aliphatic carbocycles. The van der Waals surface area contributed by atoms with Gasteiger partial charge in [0, 0.05) is 17.3 Å². The summed E-state index contributed by atoms with van der Waals surface area (Å²) >= 11 is 3.44. The minimum Gasteiger partial charge on any atom is -0.353 e. The summed E-state index contributed by atoms with van der Waals surface area (Å²) in [5.41, 5.74) is 0.191. The molecule has 1 amide bonds. The number of carbonyl (C=O) groups is 1. The van der Waals surface area contributed by atoms with E-state index in [1.165, 1.54) is 12.8 Å². The van der Waals surface area contributed by atoms with Crippen LogP contribution in [-0.4, -0.2) is 17.3 Å². The Morgan fingerprint density at radius 2 is 2.25 bits per heavy atom. The highest BCUT2D eigenvalue weighted by molar-refractivity contribution is 9.09. The van der Waals surface area contributed by atoms with Crippen molar-refractivity contribution in [2.24, 2.45) is 11.3 Å². The van der Waals surface area contributed by atoms with Crippen LogP contribution in [0.25, 0.3) is 0 Å². The highest BCUT2D eigenvalue weighted by Gasteiger charge is 2.39. The van der Waals surface area contributed by atoms with E-state index in [1.807, 2.05) is 0 Å². The number of hydrogen-bond donors (Lipinski definition) is 1. The number of amides is 1. The molecule has 2 atom stereocenters. The second-order valence-corrected chi connectivity index (χ2v) is 6.32. The third-order valence-electron chi connectivity index (χ3n) is 3.87. The zero-order valence-electron chi connectivity index (χ0n) is 10.7. The first kappa shape index (κ1) is 14.0. The third kappa shape index (κ3) is 3.47. The molecule has 0 bridgehead atoms. The molecular weight excluding hydrogens is 266 g/mol. The van der Waals surface area contributed by atoms with Gasteiger partial charge in [0.05, 0.1) is 0 Å². The van der Waals surface area contributed by atoms with Gasteiger partial charge in [-0.15, -0.1) is 0 Å². The van der Waals surface area contributed by atoms with E-state index in [9.17, 15) is 4.79 Å². The maximum Gasteiger partial charge on any atom is 0.223 e. The third-order valence-corrected chi connectivity index (χ3v) is 4.33. The fraction of sp³-hybridized carbons (Fsp3) is 0.923. The van der Waals surface area contributed by atoms with Crippen molar-refractivity contribution in [2.75, 3.05) is 5.33 Å². The molecular formula is C13H24BrNO. The molecule has 0 radical (unpaired) electrons. The van der Waals surface area contributed by atoms with Gasteiger partial charge < -0.3 is 5.32 Å². The Labute approximate surface area is 108 Å². The molecule has 2 nitrogen and oxygen atoms in total. The summed E-state index contributed by atoms with van der Waals surface area (Å²) < 4.78 is 0. The van der Waals surface area contributed by atoms with Crippen molar-refractivity contribution < 1.29 is 4.79 Å². The first-order valence-corrected chi connectivity index (χ1v) is 7.49. The predicted molar refractivity (Wildman–Crippen MR) is 71.8 cm³/mol. The Kier molecular flexibility index (Phi) is 5.29. The van der Waals surface area contributed by atoms with Crippen molar-refractivity contribution in [3.8, 4) is 0 Å². The van der Waals surface area contributed by atoms with Crippen molar-refractivity contribution in [2.45, 2.75) is 58.9 Å². The highest BCUT2D eigenvalue weighted by Crippen LogP contribution is 2.42. The SMILES string of the molecule is CCC(CCBr)NC(=O)C1CCCC1(C)C. The summed E-state index contributed by atoms with van der Waals surface area (Å²) in [4.78, 5) is 12.2. The van der Waals surface area contributed by atoms with Gasteiger partial charge in [0.1, 0.15) is 0 Å². The largest absolute Gasteiger partial charge is 0.353 e. The summed E-state index contributed by atoms with van der Waals surface area (Å²) in [5, 5.41) is 4.15. The van der Waals surface area contributed by atoms with E-state index in [0.29, 0.717) is 6.04 Å². The lowest BCUT2D eigenvalue weighted by atomic mass is 9.81. The topological polar surface area (TPSA) is 29.1 Å². The Morgan fingerprint density at radius 3 is 2.69 bits per heavy atom. The maximum absolute atomic E-state index is 12.2. The van der Waals surface area contributed by atoms with Crippen molar-refractivity contribution in [1.29, 1.82) is 0 Å². The van der Waals surface area contributed by atoms with Gasteiger partial charge in [-0.3, -0.25) is 4.79 Å². The van der Waals surface area contributed by atoms with E-state index in [4.69, 9.17) is 0 Å². The van der Waals surface area contributed by atoms with Crippen LogP contribution in [0.4, 0.5) is 0 Å². The molecule has 3 heteroatoms. The Hall–Kier alpha value is -0.0500. The lowest BCUT2D eigenvalue weighted by Gasteiger charge is -2.28. The quantitative estimate of drug-likeness (QED) is 0.772. The number of carbonyl (C=O) groups excluding carboxylic acids is 1. The van der Waals surface area contributed by atoms with Crippen molar-refractivity contribution >= 4 is 21.8 Å². The molecule has 1 fully saturated rings. The normalized spacial score (nSPS) is 25.4. The summed E-state index contributed by atoms with van der Waals surface area (Å²) in [6.07, 6.45) is 5.48. The molecule has 2 unspecified atom stereocenters. The van der Waals surface area contributed by atoms with Gasteiger partial charge in [0.15, 0.2) is 0 Å². The van der Waals surface area contributed by atoms with Crippen LogP contribution < -0.4 is 5.32 Å². The lowest BCUT2D eigenvalue weighted by Crippen LogP contribution is -2.41. The van der Waals surface area contributed by atoms with Gasteiger partial charge in [-0.1, -0.05) is 43.1 Å². The molecule has 0 aromatic carbocycles. The molecule has 0 aromatic heterocycles. The second-order valence-electron chi connectivity index (χ2n) is 5.52. The fourth-order valence-electron chi connectivity index (χ4n) is 2.62. The number of rotatable bonds is 5. The van der Waals surface area contributed by atoms with Gasteiger partial charge in [-0.25, -0.2) is 0 Å². The van der Waals surface area contributed by atoms with Crippen LogP contribution in [-0.2, 0) is 4.79 Å². The van der Waals surface area contributed by atoms with E-state index in [2.05, 4.69) is 42.0 Å². The maximum atomic E-state index is 12.2. The first-order chi connectivity index (χ1) is 7.51. The molecule has 1 aliphatic rings. The molecule has 0 aromatic rings. The van der Waals surface area contributed by atoms with Gasteiger partial charge >= 0.3 is 0 Å². The molecule has 1 N–H and O–H groups in total. The minimum absolute atomic E-state index is 0.191. The molecule has 1 saturated carbocycles. The minimum atomic E-state index is 0.191. The van der Waals surface area contributed by atoms with Crippen LogP contribution in [0.5, 0.6) is 0 Å². The van der Waals surface area contributed by atoms with E-state index in [0.717, 1.165) is 24.6 Å². The van der Waals surface area contributed by atoms with Crippen LogP contribution in [0, 0.1) is 11.3 Å². The average molecular weight is 290 g/mol. The Morgan fingerprint density at radius 1 is 1.56 bits per heavy atom. The van der Waals surface area contributed by atoms with E-state index in [-0.39, 0.29) is 17.2 Å². The van der Waals surface area contributed by atoms with Gasteiger partial charge in [0.2, 0.25) is 5.91 Å². The standard InChI is InChI=1S/C13H24BrNO/c1-4-10(7-9-14)15-12(16)11-6-5-8-13(11,2)3/h10-11H,4-9H2,1-3H3,(H,15,16). The van der Waals surface area contributed by atoms with Crippen LogP contribution in [0.3, 0.4) is 0 Å². The van der Waals surface area contributed by atoms with Crippen LogP contribution in [0.2, 0.25) is 0 Å². The molecule has 0 aliphatic heterocycles. The van der Waals surface area contributed by atoms with E-state index in [1.54, 1.807) is 0 Å². The van der Waals surface area contributed by atoms with Crippen LogP contribution in [0.1, 0.15) is 52.9 Å². The Balaban J connectivity index is 2.51. The molecule has 16 heavy (non-hydrogen) atoms. The summed E-state index contributed by atoms with van der Waals surface area (Å²) in [6.45, 7) is 6.57. The van der Waals surface area contributed by atoms with E-state index >= 15 is 0 Å². The zero-order chi connectivity index (χ0) is 12.2. The van der Waals surface area contributed by atoms with E-state index < -0.39 is 0 Å². The number of alkyl halides is 1. The molecule has 0 spiro atoms. The van der Waals surface area contributed by atoms with Crippen LogP contribution in [0.15, 0.2) is 0 Å². The number of halogens is 1. The smallest absolute Gasteiger partial charge is 0.223 e. The monoisotopic (exact) mass is 289 g/mol. The first-order valence-electron chi connectivity index (χ1n) is 6.37.